The number of nitrogens with one attached hydrogen (secondary N) is 1. The SMILES string of the molecule is CC(SCCCO)C(=O)Nc1cccc(N)c1. The van der Waals surface area contributed by atoms with E-state index in [1.165, 1.54) is 11.8 Å². The molecule has 0 radical (unpaired) electrons. The third-order valence-electron chi connectivity index (χ3n) is 2.19. The molecule has 1 atom stereocenters. The summed E-state index contributed by atoms with van der Waals surface area (Å²) in [7, 11) is 0. The Balaban J connectivity index is 2.43. The van der Waals surface area contributed by atoms with Crippen molar-refractivity contribution in [2.75, 3.05) is 23.4 Å². The first-order valence-electron chi connectivity index (χ1n) is 5.52. The van der Waals surface area contributed by atoms with E-state index in [-0.39, 0.29) is 17.8 Å². The largest absolute Gasteiger partial charge is 0.399 e. The van der Waals surface area contributed by atoms with Gasteiger partial charge in [0.1, 0.15) is 0 Å². The number of hydrogen-bond donors (Lipinski definition) is 3. The third kappa shape index (κ3) is 5.10. The number of rotatable bonds is 6. The minimum Gasteiger partial charge on any atom is -0.399 e. The second-order valence-corrected chi connectivity index (χ2v) is 5.15. The van der Waals surface area contributed by atoms with E-state index in [4.69, 9.17) is 10.8 Å². The second kappa shape index (κ2) is 7.19. The lowest BCUT2D eigenvalue weighted by atomic mass is 10.3. The third-order valence-corrected chi connectivity index (χ3v) is 3.43. The quantitative estimate of drug-likeness (QED) is 0.533. The fourth-order valence-electron chi connectivity index (χ4n) is 1.26. The fraction of sp³-hybridized carbons (Fsp3) is 0.417. The molecule has 1 unspecified atom stereocenters. The number of aliphatic hydroxyl groups excluding tert-OH is 1. The van der Waals surface area contributed by atoms with Crippen molar-refractivity contribution in [2.24, 2.45) is 0 Å². The zero-order chi connectivity index (χ0) is 12.7. The maximum Gasteiger partial charge on any atom is 0.237 e. The molecule has 1 rings (SSSR count). The molecule has 0 spiro atoms. The van der Waals surface area contributed by atoms with Gasteiger partial charge in [0.25, 0.3) is 0 Å². The molecule has 0 heterocycles. The summed E-state index contributed by atoms with van der Waals surface area (Å²) in [6.45, 7) is 2.01. The van der Waals surface area contributed by atoms with Gasteiger partial charge in [-0.05, 0) is 37.3 Å². The summed E-state index contributed by atoms with van der Waals surface area (Å²) in [5.74, 6) is 0.737. The molecule has 0 bridgehead atoms. The van der Waals surface area contributed by atoms with Gasteiger partial charge in [0, 0.05) is 18.0 Å². The molecule has 4 N–H and O–H groups in total. The normalized spacial score (nSPS) is 12.1. The van der Waals surface area contributed by atoms with Crippen LogP contribution in [0, 0.1) is 0 Å². The molecular formula is C12H18N2O2S. The Hall–Kier alpha value is -1.20. The van der Waals surface area contributed by atoms with E-state index in [0.717, 1.165) is 5.75 Å². The molecule has 0 aromatic heterocycles. The maximum absolute atomic E-state index is 11.8. The minimum absolute atomic E-state index is 0.0430. The molecule has 0 aliphatic rings. The lowest BCUT2D eigenvalue weighted by Crippen LogP contribution is -2.22. The zero-order valence-electron chi connectivity index (χ0n) is 9.85. The number of amides is 1. The fourth-order valence-corrected chi connectivity index (χ4v) is 2.12. The average Bonchev–Trinajstić information content (AvgIpc) is 2.29. The summed E-state index contributed by atoms with van der Waals surface area (Å²) in [4.78, 5) is 11.8. The number of anilines is 2. The van der Waals surface area contributed by atoms with Crippen molar-refractivity contribution < 1.29 is 9.90 Å². The molecule has 5 heteroatoms. The van der Waals surface area contributed by atoms with Crippen LogP contribution in [0.3, 0.4) is 0 Å². The average molecular weight is 254 g/mol. The van der Waals surface area contributed by atoms with Crippen molar-refractivity contribution in [2.45, 2.75) is 18.6 Å². The topological polar surface area (TPSA) is 75.3 Å². The highest BCUT2D eigenvalue weighted by molar-refractivity contribution is 8.00. The summed E-state index contributed by atoms with van der Waals surface area (Å²) in [5, 5.41) is 11.3. The van der Waals surface area contributed by atoms with E-state index in [1.807, 2.05) is 6.92 Å². The molecule has 17 heavy (non-hydrogen) atoms. The molecular weight excluding hydrogens is 236 g/mol. The van der Waals surface area contributed by atoms with Gasteiger partial charge < -0.3 is 16.2 Å². The summed E-state index contributed by atoms with van der Waals surface area (Å²) >= 11 is 1.53. The summed E-state index contributed by atoms with van der Waals surface area (Å²) in [6, 6.07) is 7.10. The number of aliphatic hydroxyl groups is 1. The van der Waals surface area contributed by atoms with Crippen molar-refractivity contribution in [1.29, 1.82) is 0 Å². The van der Waals surface area contributed by atoms with Crippen molar-refractivity contribution in [3.63, 3.8) is 0 Å². The molecule has 1 aromatic carbocycles. The molecule has 0 fully saturated rings. The van der Waals surface area contributed by atoms with E-state index in [0.29, 0.717) is 17.8 Å². The minimum atomic E-state index is -0.136. The van der Waals surface area contributed by atoms with Crippen LogP contribution in [0.5, 0.6) is 0 Å². The predicted octanol–water partition coefficient (Wildman–Crippen LogP) is 1.71. The van der Waals surface area contributed by atoms with Crippen LogP contribution >= 0.6 is 11.8 Å². The van der Waals surface area contributed by atoms with Crippen LogP contribution in [0.2, 0.25) is 0 Å². The first-order chi connectivity index (χ1) is 8.13. The Morgan fingerprint density at radius 1 is 1.59 bits per heavy atom. The van der Waals surface area contributed by atoms with Gasteiger partial charge in [-0.25, -0.2) is 0 Å². The number of nitrogen functional groups attached to an aromatic ring is 1. The van der Waals surface area contributed by atoms with Gasteiger partial charge in [0.15, 0.2) is 0 Å². The monoisotopic (exact) mass is 254 g/mol. The Morgan fingerprint density at radius 3 is 3.00 bits per heavy atom. The van der Waals surface area contributed by atoms with Crippen molar-refractivity contribution >= 4 is 29.0 Å². The zero-order valence-corrected chi connectivity index (χ0v) is 10.7. The van der Waals surface area contributed by atoms with Crippen LogP contribution in [-0.2, 0) is 4.79 Å². The highest BCUT2D eigenvalue weighted by Crippen LogP contribution is 2.16. The molecule has 0 aliphatic carbocycles. The lowest BCUT2D eigenvalue weighted by molar-refractivity contribution is -0.115. The van der Waals surface area contributed by atoms with Gasteiger partial charge in [-0.2, -0.15) is 0 Å². The van der Waals surface area contributed by atoms with Gasteiger partial charge in [-0.15, -0.1) is 11.8 Å². The van der Waals surface area contributed by atoms with Gasteiger partial charge in [-0.1, -0.05) is 6.07 Å². The summed E-state index contributed by atoms with van der Waals surface area (Å²) < 4.78 is 0. The van der Waals surface area contributed by atoms with Crippen molar-refractivity contribution in [1.82, 2.24) is 0 Å². The van der Waals surface area contributed by atoms with E-state index in [9.17, 15) is 4.79 Å². The van der Waals surface area contributed by atoms with E-state index in [2.05, 4.69) is 5.32 Å². The first kappa shape index (κ1) is 13.9. The molecule has 94 valence electrons. The Labute approximate surface area is 106 Å². The van der Waals surface area contributed by atoms with Crippen molar-refractivity contribution in [3.05, 3.63) is 24.3 Å². The van der Waals surface area contributed by atoms with E-state index < -0.39 is 0 Å². The first-order valence-corrected chi connectivity index (χ1v) is 6.57. The van der Waals surface area contributed by atoms with Crippen LogP contribution < -0.4 is 11.1 Å². The van der Waals surface area contributed by atoms with E-state index in [1.54, 1.807) is 24.3 Å². The molecule has 0 saturated heterocycles. The number of nitrogens with two attached hydrogens (primary N) is 1. The smallest absolute Gasteiger partial charge is 0.237 e. The Morgan fingerprint density at radius 2 is 2.35 bits per heavy atom. The number of hydrogen-bond acceptors (Lipinski definition) is 4. The second-order valence-electron chi connectivity index (χ2n) is 3.70. The van der Waals surface area contributed by atoms with Crippen LogP contribution in [0.25, 0.3) is 0 Å². The number of benzene rings is 1. The number of carbonyl (C=O) groups is 1. The van der Waals surface area contributed by atoms with Crippen LogP contribution in [0.4, 0.5) is 11.4 Å². The summed E-state index contributed by atoms with van der Waals surface area (Å²) in [6.07, 6.45) is 0.709. The molecule has 1 aromatic rings. The maximum atomic E-state index is 11.8. The van der Waals surface area contributed by atoms with E-state index >= 15 is 0 Å². The molecule has 4 nitrogen and oxygen atoms in total. The predicted molar refractivity (Wildman–Crippen MR) is 73.1 cm³/mol. The standard InChI is InChI=1S/C12H18N2O2S/c1-9(17-7-3-6-15)12(16)14-11-5-2-4-10(13)8-11/h2,4-5,8-9,15H,3,6-7,13H2,1H3,(H,14,16). The lowest BCUT2D eigenvalue weighted by Gasteiger charge is -2.11. The number of thioether (sulfide) groups is 1. The highest BCUT2D eigenvalue weighted by Gasteiger charge is 2.12. The van der Waals surface area contributed by atoms with Gasteiger partial charge in [0.05, 0.1) is 5.25 Å². The van der Waals surface area contributed by atoms with Crippen LogP contribution in [0.1, 0.15) is 13.3 Å². The Bertz CT molecular complexity index is 371. The summed E-state index contributed by atoms with van der Waals surface area (Å²) in [5.41, 5.74) is 6.97. The van der Waals surface area contributed by atoms with Gasteiger partial charge >= 0.3 is 0 Å². The highest BCUT2D eigenvalue weighted by atomic mass is 32.2. The molecule has 0 saturated carbocycles. The van der Waals surface area contributed by atoms with Gasteiger partial charge in [-0.3, -0.25) is 4.79 Å². The number of carbonyl (C=O) groups excluding carboxylic acids is 1. The molecule has 1 amide bonds. The molecule has 0 aliphatic heterocycles. The van der Waals surface area contributed by atoms with Crippen LogP contribution in [-0.4, -0.2) is 28.6 Å². The Kier molecular flexibility index (Phi) is 5.86. The van der Waals surface area contributed by atoms with Crippen LogP contribution in [0.15, 0.2) is 24.3 Å². The van der Waals surface area contributed by atoms with Gasteiger partial charge in [0.2, 0.25) is 5.91 Å². The van der Waals surface area contributed by atoms with Crippen molar-refractivity contribution in [3.8, 4) is 0 Å².